The van der Waals surface area contributed by atoms with E-state index in [1.165, 1.54) is 24.9 Å². The van der Waals surface area contributed by atoms with Crippen LogP contribution in [-0.2, 0) is 9.53 Å². The molecule has 0 saturated heterocycles. The van der Waals surface area contributed by atoms with E-state index in [0.717, 1.165) is 11.3 Å². The van der Waals surface area contributed by atoms with Gasteiger partial charge in [-0.15, -0.1) is 0 Å². The van der Waals surface area contributed by atoms with Crippen LogP contribution in [0.15, 0.2) is 80.1 Å². The topological polar surface area (TPSA) is 130 Å². The Kier molecular flexibility index (Phi) is 7.62. The summed E-state index contributed by atoms with van der Waals surface area (Å²) in [6.45, 7) is 3.57. The number of esters is 1. The number of ether oxygens (including phenoxy) is 3. The van der Waals surface area contributed by atoms with E-state index in [4.69, 9.17) is 18.6 Å². The van der Waals surface area contributed by atoms with Gasteiger partial charge in [0.05, 0.1) is 48.2 Å². The third kappa shape index (κ3) is 5.07. The third-order valence-corrected chi connectivity index (χ3v) is 7.55. The lowest BCUT2D eigenvalue weighted by molar-refractivity contribution is -0.139. The number of allylic oxidation sites excluding steroid dienone is 1. The minimum atomic E-state index is -1.07. The van der Waals surface area contributed by atoms with Crippen molar-refractivity contribution in [3.63, 3.8) is 0 Å². The average molecular weight is 575 g/mol. The normalized spacial score (nSPS) is 14.8. The number of nitrogens with zero attached hydrogens (tertiary/aromatic N) is 2. The molecule has 1 atom stereocenters. The molecule has 11 heteroatoms. The monoisotopic (exact) mass is 574 g/mol. The van der Waals surface area contributed by atoms with Crippen molar-refractivity contribution in [2.45, 2.75) is 19.9 Å². The molecule has 0 fully saturated rings. The van der Waals surface area contributed by atoms with Crippen LogP contribution in [0.1, 0.15) is 41.6 Å². The summed E-state index contributed by atoms with van der Waals surface area (Å²) in [6.07, 6.45) is 1.58. The van der Waals surface area contributed by atoms with Gasteiger partial charge < -0.3 is 23.7 Å². The molecule has 0 aliphatic carbocycles. The molecule has 0 saturated carbocycles. The van der Waals surface area contributed by atoms with Gasteiger partial charge in [-0.1, -0.05) is 35.6 Å². The number of carboxylic acid groups (broad SMARTS) is 1. The Balaban J connectivity index is 1.66. The lowest BCUT2D eigenvalue weighted by Gasteiger charge is -2.25. The highest BCUT2D eigenvalue weighted by atomic mass is 32.1. The fourth-order valence-corrected chi connectivity index (χ4v) is 5.75. The largest absolute Gasteiger partial charge is 0.493 e. The number of aromatic nitrogens is 1. The molecule has 1 unspecified atom stereocenters. The standard InChI is InChI=1S/C30H26N2O8S/c1-5-39-29(36)25-16(2)31-30-32(26(25)17-10-12-22(37-3)23(14-17)38-4)27(33)24(41-30)15-18-11-13-21(40-18)19-8-6-7-9-20(19)28(34)35/h6-15,26H,5H2,1-4H3,(H,34,35)/b24-15+. The van der Waals surface area contributed by atoms with E-state index in [-0.39, 0.29) is 23.3 Å². The van der Waals surface area contributed by atoms with Gasteiger partial charge in [0, 0.05) is 11.6 Å². The van der Waals surface area contributed by atoms with Crippen molar-refractivity contribution in [3.05, 3.63) is 102 Å². The molecule has 3 heterocycles. The maximum Gasteiger partial charge on any atom is 0.338 e. The number of hydrogen-bond acceptors (Lipinski definition) is 9. The molecular formula is C30H26N2O8S. The Morgan fingerprint density at radius 2 is 1.85 bits per heavy atom. The number of thiazole rings is 1. The van der Waals surface area contributed by atoms with Crippen LogP contribution < -0.4 is 24.4 Å². The Morgan fingerprint density at radius 3 is 2.56 bits per heavy atom. The van der Waals surface area contributed by atoms with E-state index in [1.807, 2.05) is 0 Å². The van der Waals surface area contributed by atoms with E-state index in [0.29, 0.717) is 49.2 Å². The molecule has 0 radical (unpaired) electrons. The highest BCUT2D eigenvalue weighted by molar-refractivity contribution is 7.07. The van der Waals surface area contributed by atoms with Crippen molar-refractivity contribution < 1.29 is 33.3 Å². The molecule has 1 aliphatic heterocycles. The minimum Gasteiger partial charge on any atom is -0.493 e. The molecule has 41 heavy (non-hydrogen) atoms. The van der Waals surface area contributed by atoms with Crippen molar-refractivity contribution >= 4 is 29.4 Å². The van der Waals surface area contributed by atoms with Crippen molar-refractivity contribution in [2.75, 3.05) is 20.8 Å². The highest BCUT2D eigenvalue weighted by Crippen LogP contribution is 2.36. The number of furan rings is 1. The fourth-order valence-electron chi connectivity index (χ4n) is 4.72. The number of carbonyl (C=O) groups excluding carboxylic acids is 1. The molecule has 2 aromatic carbocycles. The minimum absolute atomic E-state index is 0.102. The van der Waals surface area contributed by atoms with Crippen LogP contribution in [0.2, 0.25) is 0 Å². The zero-order valence-electron chi connectivity index (χ0n) is 22.7. The molecule has 4 aromatic rings. The lowest BCUT2D eigenvalue weighted by Crippen LogP contribution is -2.39. The first-order valence-corrected chi connectivity index (χ1v) is 13.4. The average Bonchev–Trinajstić information content (AvgIpc) is 3.56. The van der Waals surface area contributed by atoms with E-state index in [9.17, 15) is 19.5 Å². The quantitative estimate of drug-likeness (QED) is 0.315. The van der Waals surface area contributed by atoms with Gasteiger partial charge in [0.2, 0.25) is 0 Å². The summed E-state index contributed by atoms with van der Waals surface area (Å²) in [7, 11) is 3.03. The van der Waals surface area contributed by atoms with E-state index in [2.05, 4.69) is 4.99 Å². The van der Waals surface area contributed by atoms with Crippen LogP contribution in [0, 0.1) is 0 Å². The number of methoxy groups -OCH3 is 2. The van der Waals surface area contributed by atoms with Crippen LogP contribution in [0.25, 0.3) is 17.4 Å². The summed E-state index contributed by atoms with van der Waals surface area (Å²) in [6, 6.07) is 14.2. The number of carbonyl (C=O) groups is 2. The van der Waals surface area contributed by atoms with Crippen molar-refractivity contribution in [1.29, 1.82) is 0 Å². The summed E-state index contributed by atoms with van der Waals surface area (Å²) < 4.78 is 23.9. The van der Waals surface area contributed by atoms with E-state index >= 15 is 0 Å². The molecule has 10 nitrogen and oxygen atoms in total. The van der Waals surface area contributed by atoms with Crippen LogP contribution in [-0.4, -0.2) is 42.4 Å². The number of fused-ring (bicyclic) bond motifs is 1. The molecule has 2 aromatic heterocycles. The second-order valence-electron chi connectivity index (χ2n) is 8.97. The lowest BCUT2D eigenvalue weighted by atomic mass is 9.95. The zero-order valence-corrected chi connectivity index (χ0v) is 23.5. The fraction of sp³-hybridized carbons (Fsp3) is 0.200. The Labute approximate surface area is 238 Å². The van der Waals surface area contributed by atoms with Crippen LogP contribution in [0.3, 0.4) is 0 Å². The Hall–Kier alpha value is -4.90. The maximum absolute atomic E-state index is 13.9. The highest BCUT2D eigenvalue weighted by Gasteiger charge is 2.34. The van der Waals surface area contributed by atoms with Gasteiger partial charge in [0.15, 0.2) is 16.3 Å². The predicted molar refractivity (Wildman–Crippen MR) is 151 cm³/mol. The second kappa shape index (κ2) is 11.3. The van der Waals surface area contributed by atoms with Crippen LogP contribution >= 0.6 is 11.3 Å². The van der Waals surface area contributed by atoms with Gasteiger partial charge in [0.25, 0.3) is 5.56 Å². The van der Waals surface area contributed by atoms with Gasteiger partial charge in [-0.2, -0.15) is 0 Å². The number of rotatable bonds is 8. The molecule has 210 valence electrons. The molecule has 0 bridgehead atoms. The SMILES string of the molecule is CCOC(=O)C1=C(C)N=c2s/c(=C/c3ccc(-c4ccccc4C(=O)O)o3)c(=O)n2C1c1ccc(OC)c(OC)c1. The second-order valence-corrected chi connectivity index (χ2v) is 9.98. The molecular weight excluding hydrogens is 548 g/mol. The first kappa shape index (κ1) is 27.7. The zero-order chi connectivity index (χ0) is 29.3. The molecule has 0 spiro atoms. The van der Waals surface area contributed by atoms with Gasteiger partial charge in [0.1, 0.15) is 11.5 Å². The van der Waals surface area contributed by atoms with Gasteiger partial charge >= 0.3 is 11.9 Å². The van der Waals surface area contributed by atoms with E-state index in [1.54, 1.807) is 68.5 Å². The van der Waals surface area contributed by atoms with Crippen LogP contribution in [0.5, 0.6) is 11.5 Å². The summed E-state index contributed by atoms with van der Waals surface area (Å²) in [5.41, 5.74) is 1.42. The van der Waals surface area contributed by atoms with Crippen molar-refractivity contribution in [1.82, 2.24) is 4.57 Å². The number of carboxylic acids is 1. The maximum atomic E-state index is 13.9. The summed E-state index contributed by atoms with van der Waals surface area (Å²) in [5.74, 6) is 0.000363. The van der Waals surface area contributed by atoms with Crippen molar-refractivity contribution in [3.8, 4) is 22.8 Å². The molecule has 1 aliphatic rings. The number of hydrogen-bond donors (Lipinski definition) is 1. The first-order valence-electron chi connectivity index (χ1n) is 12.6. The van der Waals surface area contributed by atoms with Gasteiger partial charge in [-0.25, -0.2) is 14.6 Å². The molecule has 0 amide bonds. The van der Waals surface area contributed by atoms with Gasteiger partial charge in [-0.3, -0.25) is 9.36 Å². The predicted octanol–water partition coefficient (Wildman–Crippen LogP) is 3.77. The summed E-state index contributed by atoms with van der Waals surface area (Å²) in [4.78, 5) is 43.6. The molecule has 5 rings (SSSR count). The summed E-state index contributed by atoms with van der Waals surface area (Å²) >= 11 is 1.15. The van der Waals surface area contributed by atoms with E-state index < -0.39 is 18.0 Å². The Morgan fingerprint density at radius 1 is 1.10 bits per heavy atom. The number of aromatic carboxylic acids is 1. The van der Waals surface area contributed by atoms with Gasteiger partial charge in [-0.05, 0) is 49.7 Å². The Bertz CT molecular complexity index is 1880. The smallest absolute Gasteiger partial charge is 0.338 e. The van der Waals surface area contributed by atoms with Crippen molar-refractivity contribution in [2.24, 2.45) is 4.99 Å². The first-order chi connectivity index (χ1) is 19.8. The molecule has 1 N–H and O–H groups in total. The third-order valence-electron chi connectivity index (χ3n) is 6.56. The number of benzene rings is 2. The van der Waals surface area contributed by atoms with Crippen LogP contribution in [0.4, 0.5) is 0 Å². The summed E-state index contributed by atoms with van der Waals surface area (Å²) in [5, 5.41) is 9.54.